The van der Waals surface area contributed by atoms with Crippen LogP contribution < -0.4 is 5.32 Å². The van der Waals surface area contributed by atoms with Crippen LogP contribution in [0.1, 0.15) is 19.4 Å². The van der Waals surface area contributed by atoms with Crippen molar-refractivity contribution in [3.63, 3.8) is 0 Å². The summed E-state index contributed by atoms with van der Waals surface area (Å²) in [6.45, 7) is 4.33. The summed E-state index contributed by atoms with van der Waals surface area (Å²) in [7, 11) is -3.64. The topological polar surface area (TPSA) is 66.5 Å². The number of carbonyl (C=O) groups is 1. The lowest BCUT2D eigenvalue weighted by molar-refractivity contribution is -0.115. The smallest absolute Gasteiger partial charge is 0.243 e. The van der Waals surface area contributed by atoms with Crippen molar-refractivity contribution in [2.24, 2.45) is 0 Å². The van der Waals surface area contributed by atoms with Crippen molar-refractivity contribution in [2.75, 3.05) is 11.9 Å². The second-order valence-corrected chi connectivity index (χ2v) is 9.14. The average molecular weight is 377 g/mol. The first-order valence-corrected chi connectivity index (χ1v) is 10.4. The first-order chi connectivity index (χ1) is 11.9. The molecule has 0 fully saturated rings. The maximum Gasteiger partial charge on any atom is 0.243 e. The van der Waals surface area contributed by atoms with Crippen molar-refractivity contribution in [3.8, 4) is 0 Å². The molecule has 3 rings (SSSR count). The number of anilines is 1. The van der Waals surface area contributed by atoms with E-state index in [9.17, 15) is 13.2 Å². The standard InChI is InChI=1S/C18H20N2O3S2/c1-3-20(12-14-7-5-4-6-8-14)25(22,23)15-9-10-17-16(11-15)19-18(21)13(2)24-17/h4-11,13H,3,12H2,1-2H3,(H,19,21). The van der Waals surface area contributed by atoms with Crippen molar-refractivity contribution in [3.05, 3.63) is 54.1 Å². The lowest BCUT2D eigenvalue weighted by Crippen LogP contribution is -2.31. The van der Waals surface area contributed by atoms with Crippen LogP contribution >= 0.6 is 11.8 Å². The lowest BCUT2D eigenvalue weighted by atomic mass is 10.2. The van der Waals surface area contributed by atoms with Crippen molar-refractivity contribution in [2.45, 2.75) is 35.4 Å². The number of rotatable bonds is 5. The summed E-state index contributed by atoms with van der Waals surface area (Å²) in [5.74, 6) is -0.108. The van der Waals surface area contributed by atoms with Crippen LogP contribution in [0.2, 0.25) is 0 Å². The van der Waals surface area contributed by atoms with Crippen LogP contribution in [0.5, 0.6) is 0 Å². The first kappa shape index (κ1) is 18.0. The van der Waals surface area contributed by atoms with E-state index in [1.807, 2.05) is 44.2 Å². The Balaban J connectivity index is 1.91. The van der Waals surface area contributed by atoms with E-state index in [2.05, 4.69) is 5.32 Å². The molecular weight excluding hydrogens is 356 g/mol. The van der Waals surface area contributed by atoms with Gasteiger partial charge in [-0.25, -0.2) is 8.42 Å². The maximum atomic E-state index is 13.0. The summed E-state index contributed by atoms with van der Waals surface area (Å²) in [4.78, 5) is 12.9. The number of benzene rings is 2. The number of hydrogen-bond acceptors (Lipinski definition) is 4. The SMILES string of the molecule is CCN(Cc1ccccc1)S(=O)(=O)c1ccc2c(c1)NC(=O)C(C)S2. The number of thioether (sulfide) groups is 1. The fraction of sp³-hybridized carbons (Fsp3) is 0.278. The van der Waals surface area contributed by atoms with Gasteiger partial charge in [-0.2, -0.15) is 4.31 Å². The molecule has 1 amide bonds. The third-order valence-electron chi connectivity index (χ3n) is 4.07. The van der Waals surface area contributed by atoms with Gasteiger partial charge in [0.15, 0.2) is 0 Å². The highest BCUT2D eigenvalue weighted by Crippen LogP contribution is 2.37. The summed E-state index contributed by atoms with van der Waals surface area (Å²) in [5, 5.41) is 2.61. The molecule has 1 aliphatic heterocycles. The zero-order valence-electron chi connectivity index (χ0n) is 14.1. The molecular formula is C18H20N2O3S2. The largest absolute Gasteiger partial charge is 0.324 e. The number of sulfonamides is 1. The van der Waals surface area contributed by atoms with Gasteiger partial charge < -0.3 is 5.32 Å². The van der Waals surface area contributed by atoms with Crippen LogP contribution in [-0.4, -0.2) is 30.4 Å². The van der Waals surface area contributed by atoms with Crippen LogP contribution in [0.15, 0.2) is 58.3 Å². The molecule has 0 bridgehead atoms. The molecule has 0 radical (unpaired) electrons. The molecule has 1 unspecified atom stereocenters. The molecule has 1 N–H and O–H groups in total. The van der Waals surface area contributed by atoms with Crippen LogP contribution in [0, 0.1) is 0 Å². The highest BCUT2D eigenvalue weighted by molar-refractivity contribution is 8.01. The van der Waals surface area contributed by atoms with E-state index in [4.69, 9.17) is 0 Å². The summed E-state index contributed by atoms with van der Waals surface area (Å²) in [5.41, 5.74) is 1.49. The van der Waals surface area contributed by atoms with E-state index in [0.717, 1.165) is 10.5 Å². The van der Waals surface area contributed by atoms with Gasteiger partial charge >= 0.3 is 0 Å². The van der Waals surface area contributed by atoms with Gasteiger partial charge in [-0.3, -0.25) is 4.79 Å². The molecule has 0 aliphatic carbocycles. The van der Waals surface area contributed by atoms with E-state index in [1.165, 1.54) is 16.1 Å². The Bertz CT molecular complexity index is 882. The Morgan fingerprint density at radius 1 is 1.16 bits per heavy atom. The Morgan fingerprint density at radius 2 is 1.88 bits per heavy atom. The number of nitrogens with zero attached hydrogens (tertiary/aromatic N) is 1. The van der Waals surface area contributed by atoms with E-state index in [-0.39, 0.29) is 16.1 Å². The Hall–Kier alpha value is -1.83. The zero-order valence-corrected chi connectivity index (χ0v) is 15.7. The predicted molar refractivity (Wildman–Crippen MR) is 100 cm³/mol. The van der Waals surface area contributed by atoms with Crippen LogP contribution in [0.4, 0.5) is 5.69 Å². The van der Waals surface area contributed by atoms with Crippen LogP contribution in [0.3, 0.4) is 0 Å². The fourth-order valence-corrected chi connectivity index (χ4v) is 5.05. The van der Waals surface area contributed by atoms with Crippen molar-refractivity contribution < 1.29 is 13.2 Å². The predicted octanol–water partition coefficient (Wildman–Crippen LogP) is 3.33. The van der Waals surface area contributed by atoms with Gasteiger partial charge in [0.2, 0.25) is 15.9 Å². The third-order valence-corrected chi connectivity index (χ3v) is 7.17. The summed E-state index contributed by atoms with van der Waals surface area (Å²) >= 11 is 1.44. The molecule has 132 valence electrons. The van der Waals surface area contributed by atoms with Crippen LogP contribution in [0.25, 0.3) is 0 Å². The molecule has 2 aromatic rings. The summed E-state index contributed by atoms with van der Waals surface area (Å²) < 4.78 is 27.4. The minimum atomic E-state index is -3.64. The molecule has 2 aromatic carbocycles. The van der Waals surface area contributed by atoms with Gasteiger partial charge in [0.05, 0.1) is 15.8 Å². The molecule has 1 aliphatic rings. The van der Waals surface area contributed by atoms with E-state index >= 15 is 0 Å². The van der Waals surface area contributed by atoms with Gasteiger partial charge in [-0.15, -0.1) is 11.8 Å². The third kappa shape index (κ3) is 3.73. The highest BCUT2D eigenvalue weighted by atomic mass is 32.2. The molecule has 0 aromatic heterocycles. The molecule has 0 saturated carbocycles. The highest BCUT2D eigenvalue weighted by Gasteiger charge is 2.27. The fourth-order valence-electron chi connectivity index (χ4n) is 2.65. The Morgan fingerprint density at radius 3 is 2.56 bits per heavy atom. The summed E-state index contributed by atoms with van der Waals surface area (Å²) in [6, 6.07) is 14.4. The van der Waals surface area contributed by atoms with Crippen molar-refractivity contribution in [1.29, 1.82) is 0 Å². The van der Waals surface area contributed by atoms with Crippen molar-refractivity contribution in [1.82, 2.24) is 4.31 Å². The minimum Gasteiger partial charge on any atom is -0.324 e. The normalized spacial score (nSPS) is 17.2. The maximum absolute atomic E-state index is 13.0. The number of carbonyl (C=O) groups excluding carboxylic acids is 1. The molecule has 25 heavy (non-hydrogen) atoms. The summed E-state index contributed by atoms with van der Waals surface area (Å²) in [6.07, 6.45) is 0. The minimum absolute atomic E-state index is 0.108. The van der Waals surface area contributed by atoms with Gasteiger partial charge in [0.1, 0.15) is 0 Å². The van der Waals surface area contributed by atoms with Crippen molar-refractivity contribution >= 4 is 33.4 Å². The van der Waals surface area contributed by atoms with Crippen LogP contribution in [-0.2, 0) is 21.4 Å². The lowest BCUT2D eigenvalue weighted by Gasteiger charge is -2.24. The Labute approximate surface area is 152 Å². The monoisotopic (exact) mass is 376 g/mol. The quantitative estimate of drug-likeness (QED) is 0.869. The first-order valence-electron chi connectivity index (χ1n) is 8.07. The van der Waals surface area contributed by atoms with Gasteiger partial charge in [0, 0.05) is 18.0 Å². The molecule has 1 atom stereocenters. The molecule has 0 spiro atoms. The second-order valence-electron chi connectivity index (χ2n) is 5.82. The Kier molecular flexibility index (Phi) is 5.17. The molecule has 5 nitrogen and oxygen atoms in total. The van der Waals surface area contributed by atoms with Gasteiger partial charge in [0.25, 0.3) is 0 Å². The van der Waals surface area contributed by atoms with E-state index in [1.54, 1.807) is 18.2 Å². The number of nitrogens with one attached hydrogen (secondary N) is 1. The van der Waals surface area contributed by atoms with Gasteiger partial charge in [-0.1, -0.05) is 37.3 Å². The number of amides is 1. The molecule has 0 saturated heterocycles. The zero-order chi connectivity index (χ0) is 18.0. The van der Waals surface area contributed by atoms with E-state index < -0.39 is 10.0 Å². The number of hydrogen-bond donors (Lipinski definition) is 1. The van der Waals surface area contributed by atoms with Gasteiger partial charge in [-0.05, 0) is 30.7 Å². The average Bonchev–Trinajstić information content (AvgIpc) is 2.61. The molecule has 7 heteroatoms. The molecule has 1 heterocycles. The second kappa shape index (κ2) is 7.19. The number of fused-ring (bicyclic) bond motifs is 1. The van der Waals surface area contributed by atoms with E-state index in [0.29, 0.717) is 18.8 Å².